The second kappa shape index (κ2) is 8.86. The zero-order valence-corrected chi connectivity index (χ0v) is 18.7. The van der Waals surface area contributed by atoms with Crippen LogP contribution in [0, 0.1) is 0 Å². The Kier molecular flexibility index (Phi) is 5.60. The smallest absolute Gasteiger partial charge is 0.225 e. The van der Waals surface area contributed by atoms with Crippen LogP contribution in [0.3, 0.4) is 0 Å². The van der Waals surface area contributed by atoms with Crippen LogP contribution in [-0.4, -0.2) is 36.1 Å². The molecule has 0 aromatic heterocycles. The lowest BCUT2D eigenvalue weighted by atomic mass is 10.1. The van der Waals surface area contributed by atoms with E-state index >= 15 is 0 Å². The summed E-state index contributed by atoms with van der Waals surface area (Å²) in [6.07, 6.45) is 9.52. The van der Waals surface area contributed by atoms with E-state index in [1.54, 1.807) is 0 Å². The van der Waals surface area contributed by atoms with Crippen molar-refractivity contribution in [2.45, 2.75) is 6.54 Å². The molecule has 3 aromatic rings. The average molecular weight is 437 g/mol. The number of benzene rings is 3. The Labute approximate surface area is 194 Å². The summed E-state index contributed by atoms with van der Waals surface area (Å²) in [4.78, 5) is 11.0. The number of hydrogen-bond donors (Lipinski definition) is 0. The van der Waals surface area contributed by atoms with E-state index < -0.39 is 0 Å². The lowest BCUT2D eigenvalue weighted by molar-refractivity contribution is -0.734. The van der Waals surface area contributed by atoms with E-state index in [1.165, 1.54) is 5.56 Å². The molecule has 0 saturated heterocycles. The van der Waals surface area contributed by atoms with E-state index in [-0.39, 0.29) is 0 Å². The molecule has 0 radical (unpaired) electrons. The van der Waals surface area contributed by atoms with E-state index in [4.69, 9.17) is 4.74 Å². The molecule has 6 nitrogen and oxygen atoms in total. The van der Waals surface area contributed by atoms with Crippen LogP contribution in [0.4, 0.5) is 11.4 Å². The van der Waals surface area contributed by atoms with Gasteiger partial charge < -0.3 is 9.64 Å². The molecule has 5 rings (SSSR count). The second-order valence-corrected chi connectivity index (χ2v) is 8.22. The van der Waals surface area contributed by atoms with Gasteiger partial charge in [-0.15, -0.1) is 4.59 Å². The van der Waals surface area contributed by atoms with Crippen molar-refractivity contribution in [1.82, 2.24) is 4.90 Å². The first kappa shape index (κ1) is 20.9. The van der Waals surface area contributed by atoms with Gasteiger partial charge in [-0.2, -0.15) is 5.01 Å². The van der Waals surface area contributed by atoms with Gasteiger partial charge in [-0.05, 0) is 62.1 Å². The Balaban J connectivity index is 1.59. The Morgan fingerprint density at radius 2 is 1.55 bits per heavy atom. The number of hydrogen-bond acceptors (Lipinski definition) is 5. The predicted molar refractivity (Wildman–Crippen MR) is 133 cm³/mol. The van der Waals surface area contributed by atoms with Crippen molar-refractivity contribution in [3.05, 3.63) is 109 Å². The first-order valence-electron chi connectivity index (χ1n) is 10.9. The van der Waals surface area contributed by atoms with Gasteiger partial charge in [-0.25, -0.2) is 4.99 Å². The van der Waals surface area contributed by atoms with Gasteiger partial charge in [0, 0.05) is 6.54 Å². The third-order valence-corrected chi connectivity index (χ3v) is 5.55. The van der Waals surface area contributed by atoms with Gasteiger partial charge in [-0.1, -0.05) is 36.4 Å². The van der Waals surface area contributed by atoms with Crippen molar-refractivity contribution < 1.29 is 9.33 Å². The average Bonchev–Trinajstić information content (AvgIpc) is 3.26. The van der Waals surface area contributed by atoms with Crippen LogP contribution in [0.5, 0.6) is 11.5 Å². The van der Waals surface area contributed by atoms with Gasteiger partial charge in [0.15, 0.2) is 6.20 Å². The Morgan fingerprint density at radius 3 is 2.33 bits per heavy atom. The van der Waals surface area contributed by atoms with Crippen LogP contribution in [0.15, 0.2) is 113 Å². The van der Waals surface area contributed by atoms with Crippen molar-refractivity contribution >= 4 is 23.9 Å². The van der Waals surface area contributed by atoms with E-state index in [9.17, 15) is 0 Å². The number of anilines is 2. The molecule has 1 atom stereocenters. The molecule has 2 heterocycles. The number of rotatable bonds is 7. The number of para-hydroxylation sites is 2. The summed E-state index contributed by atoms with van der Waals surface area (Å²) in [5, 5.41) is 2.27. The number of nitrogens with zero attached hydrogens (tertiary/aromatic N) is 5. The molecule has 164 valence electrons. The molecule has 6 heteroatoms. The fourth-order valence-corrected chi connectivity index (χ4v) is 4.09. The Bertz CT molecular complexity index is 1250. The summed E-state index contributed by atoms with van der Waals surface area (Å²) >= 11 is 0. The first-order valence-corrected chi connectivity index (χ1v) is 10.9. The fourth-order valence-electron chi connectivity index (χ4n) is 4.09. The van der Waals surface area contributed by atoms with Gasteiger partial charge in [0.2, 0.25) is 12.0 Å². The van der Waals surface area contributed by atoms with Gasteiger partial charge in [0.05, 0.1) is 24.3 Å². The number of ether oxygens (including phenoxy) is 1. The molecule has 0 aliphatic carbocycles. The minimum absolute atomic E-state index is 0.312. The maximum atomic E-state index is 6.02. The highest BCUT2D eigenvalue weighted by Crippen LogP contribution is 2.40. The van der Waals surface area contributed by atoms with Crippen LogP contribution < -0.4 is 9.75 Å². The highest BCUT2D eigenvalue weighted by Gasteiger charge is 2.43. The van der Waals surface area contributed by atoms with Crippen LogP contribution in [0.1, 0.15) is 5.56 Å². The van der Waals surface area contributed by atoms with Crippen LogP contribution >= 0.6 is 0 Å². The van der Waals surface area contributed by atoms with Crippen LogP contribution in [-0.2, 0) is 6.54 Å². The molecular weight excluding hydrogens is 410 g/mol. The third kappa shape index (κ3) is 4.09. The quantitative estimate of drug-likeness (QED) is 0.436. The zero-order chi connectivity index (χ0) is 22.7. The lowest BCUT2D eigenvalue weighted by Gasteiger charge is -2.40. The topological polar surface area (TPSA) is 40.4 Å². The standard InChI is InChI=1S/C27H26N5O/c1-30(2)20-22-8-6-7-11-27(22)31(32-17-16-28-18-24(32)19-29-21-32)23-12-14-26(15-13-23)33-25-9-4-3-5-10-25/h3-19,21H,20H2,1-2H3/q+1. The number of quaternary nitrogens is 1. The second-order valence-electron chi connectivity index (χ2n) is 8.22. The number of fused-ring (bicyclic) bond motifs is 1. The zero-order valence-electron chi connectivity index (χ0n) is 18.7. The van der Waals surface area contributed by atoms with Gasteiger partial charge in [0.25, 0.3) is 0 Å². The molecule has 0 saturated carbocycles. The maximum Gasteiger partial charge on any atom is 0.225 e. The fraction of sp³-hybridized carbons (Fsp3) is 0.111. The normalized spacial score (nSPS) is 18.3. The number of allylic oxidation sites excluding steroid dienone is 1. The summed E-state index contributed by atoms with van der Waals surface area (Å²) in [5.74, 6) is 1.60. The van der Waals surface area contributed by atoms with Gasteiger partial charge >= 0.3 is 0 Å². The van der Waals surface area contributed by atoms with E-state index in [1.807, 2.05) is 73.6 Å². The van der Waals surface area contributed by atoms with Crippen molar-refractivity contribution in [3.8, 4) is 11.5 Å². The summed E-state index contributed by atoms with van der Waals surface area (Å²) in [7, 11) is 4.17. The SMILES string of the molecule is CN(C)Cc1ccccc1N(c1ccc(Oc2ccccc2)cc1)[N+]12C=CN=CC1=CN=C2. The molecule has 33 heavy (non-hydrogen) atoms. The summed E-state index contributed by atoms with van der Waals surface area (Å²) in [5.41, 5.74) is 4.31. The van der Waals surface area contributed by atoms with Crippen molar-refractivity contribution in [2.24, 2.45) is 9.98 Å². The molecule has 2 aliphatic rings. The highest BCUT2D eigenvalue weighted by atomic mass is 16.5. The molecule has 0 N–H and O–H groups in total. The van der Waals surface area contributed by atoms with Crippen LogP contribution in [0.25, 0.3) is 0 Å². The predicted octanol–water partition coefficient (Wildman–Crippen LogP) is 5.85. The third-order valence-electron chi connectivity index (χ3n) is 5.55. The minimum atomic E-state index is 0.312. The van der Waals surface area contributed by atoms with Gasteiger partial charge in [-0.3, -0.25) is 4.99 Å². The maximum absolute atomic E-state index is 6.02. The monoisotopic (exact) mass is 436 g/mol. The largest absolute Gasteiger partial charge is 0.457 e. The molecule has 0 amide bonds. The van der Waals surface area contributed by atoms with Gasteiger partial charge in [0.1, 0.15) is 17.2 Å². The first-order chi connectivity index (χ1) is 16.2. The summed E-state index contributed by atoms with van der Waals surface area (Å²) in [6.45, 7) is 0.815. The van der Waals surface area contributed by atoms with E-state index in [0.29, 0.717) is 4.59 Å². The summed E-state index contributed by atoms with van der Waals surface area (Å²) in [6, 6.07) is 26.5. The minimum Gasteiger partial charge on any atom is -0.457 e. The molecule has 0 spiro atoms. The Morgan fingerprint density at radius 1 is 0.818 bits per heavy atom. The van der Waals surface area contributed by atoms with E-state index in [2.05, 4.69) is 70.4 Å². The molecule has 2 aliphatic heterocycles. The summed E-state index contributed by atoms with van der Waals surface area (Å²) < 4.78 is 6.33. The molecule has 0 bridgehead atoms. The Hall–Kier alpha value is -4.00. The highest BCUT2D eigenvalue weighted by molar-refractivity contribution is 5.83. The molecular formula is C27H26N5O+. The lowest BCUT2D eigenvalue weighted by Crippen LogP contribution is -2.53. The molecule has 3 aromatic carbocycles. The molecule has 1 unspecified atom stereocenters. The van der Waals surface area contributed by atoms with E-state index in [0.717, 1.165) is 35.1 Å². The number of aliphatic imine (C=N–C) groups is 2. The molecule has 0 fully saturated rings. The van der Waals surface area contributed by atoms with Crippen LogP contribution in [0.2, 0.25) is 0 Å². The van der Waals surface area contributed by atoms with Crippen molar-refractivity contribution in [1.29, 1.82) is 0 Å². The van der Waals surface area contributed by atoms with Crippen molar-refractivity contribution in [3.63, 3.8) is 0 Å². The van der Waals surface area contributed by atoms with Crippen molar-refractivity contribution in [2.75, 3.05) is 19.1 Å².